The van der Waals surface area contributed by atoms with Crippen molar-refractivity contribution in [3.8, 4) is 0 Å². The Bertz CT molecular complexity index is 1260. The predicted molar refractivity (Wildman–Crippen MR) is 117 cm³/mol. The summed E-state index contributed by atoms with van der Waals surface area (Å²) in [5, 5.41) is 3.04. The minimum absolute atomic E-state index is 0.0769. The topological polar surface area (TPSA) is 130 Å². The van der Waals surface area contributed by atoms with Crippen LogP contribution in [0, 0.1) is 6.92 Å². The second kappa shape index (κ2) is 8.94. The molecule has 160 valence electrons. The van der Waals surface area contributed by atoms with Gasteiger partial charge in [0, 0.05) is 13.1 Å². The summed E-state index contributed by atoms with van der Waals surface area (Å²) in [6, 6.07) is 13.8. The first-order chi connectivity index (χ1) is 14.2. The number of sulfonamides is 2. The Balaban J connectivity index is 1.86. The summed E-state index contributed by atoms with van der Waals surface area (Å²) in [5.74, 6) is 0.346. The first-order valence-electron chi connectivity index (χ1n) is 9.19. The molecule has 0 unspecified atom stereocenters. The molecule has 0 aliphatic rings. The molecule has 0 bridgehead atoms. The molecule has 0 spiro atoms. The maximum atomic E-state index is 12.9. The third kappa shape index (κ3) is 5.65. The summed E-state index contributed by atoms with van der Waals surface area (Å²) in [6.07, 6.45) is 1.57. The van der Waals surface area contributed by atoms with Gasteiger partial charge in [-0.2, -0.15) is 0 Å². The molecule has 0 saturated heterocycles. The Morgan fingerprint density at radius 3 is 2.07 bits per heavy atom. The molecule has 0 atom stereocenters. The zero-order chi connectivity index (χ0) is 21.8. The van der Waals surface area contributed by atoms with Crippen LogP contribution in [0.1, 0.15) is 12.0 Å². The van der Waals surface area contributed by atoms with Gasteiger partial charge in [-0.05, 0) is 37.1 Å². The molecule has 0 aliphatic heterocycles. The van der Waals surface area contributed by atoms with Crippen molar-refractivity contribution in [2.75, 3.05) is 29.4 Å². The number of aryl methyl sites for hydroxylation is 1. The van der Waals surface area contributed by atoms with E-state index in [-0.39, 0.29) is 23.1 Å². The van der Waals surface area contributed by atoms with E-state index in [0.29, 0.717) is 29.6 Å². The average molecular weight is 450 g/mol. The largest absolute Gasteiger partial charge is 0.367 e. The minimum Gasteiger partial charge on any atom is -0.367 e. The van der Waals surface area contributed by atoms with Crippen molar-refractivity contribution in [1.29, 1.82) is 0 Å². The van der Waals surface area contributed by atoms with Crippen LogP contribution in [0.5, 0.6) is 0 Å². The molecular weight excluding hydrogens is 426 g/mol. The SMILES string of the molecule is Cc1ccccc1S(=O)(=O)Nc1nc2ccccc2nc1NCCCNS(C)(=O)=O. The third-order valence-corrected chi connectivity index (χ3v) is 6.42. The molecule has 9 nitrogen and oxygen atoms in total. The standard InChI is InChI=1S/C19H23N5O4S2/c1-14-8-3-6-11-17(14)30(27,28)24-19-18(20-12-7-13-21-29(2,25)26)22-15-9-4-5-10-16(15)23-19/h3-6,8-11,21H,7,12-13H2,1-2H3,(H,20,22)(H,23,24). The van der Waals surface area contributed by atoms with Crippen molar-refractivity contribution in [3.05, 3.63) is 54.1 Å². The van der Waals surface area contributed by atoms with Gasteiger partial charge >= 0.3 is 0 Å². The van der Waals surface area contributed by atoms with Crippen LogP contribution in [-0.2, 0) is 20.0 Å². The Kier molecular flexibility index (Phi) is 6.54. The highest BCUT2D eigenvalue weighted by Crippen LogP contribution is 2.25. The summed E-state index contributed by atoms with van der Waals surface area (Å²) in [4.78, 5) is 9.07. The molecule has 0 fully saturated rings. The van der Waals surface area contributed by atoms with Gasteiger partial charge in [0.1, 0.15) is 0 Å². The predicted octanol–water partition coefficient (Wildman–Crippen LogP) is 2.09. The maximum Gasteiger partial charge on any atom is 0.263 e. The number of nitrogens with zero attached hydrogens (tertiary/aromatic N) is 2. The van der Waals surface area contributed by atoms with Gasteiger partial charge in [0.2, 0.25) is 10.0 Å². The number of aromatic nitrogens is 2. The summed E-state index contributed by atoms with van der Waals surface area (Å²) >= 11 is 0. The molecule has 11 heteroatoms. The molecule has 0 radical (unpaired) electrons. The van der Waals surface area contributed by atoms with Crippen LogP contribution in [0.25, 0.3) is 11.0 Å². The van der Waals surface area contributed by atoms with Crippen molar-refractivity contribution in [2.24, 2.45) is 0 Å². The summed E-state index contributed by atoms with van der Waals surface area (Å²) < 4.78 is 53.1. The number of hydrogen-bond donors (Lipinski definition) is 3. The van der Waals surface area contributed by atoms with Crippen LogP contribution >= 0.6 is 0 Å². The molecule has 2 aromatic carbocycles. The van der Waals surface area contributed by atoms with Crippen LogP contribution < -0.4 is 14.8 Å². The lowest BCUT2D eigenvalue weighted by molar-refractivity contribution is 0.586. The van der Waals surface area contributed by atoms with Crippen LogP contribution in [0.3, 0.4) is 0 Å². The highest BCUT2D eigenvalue weighted by Gasteiger charge is 2.20. The third-order valence-electron chi connectivity index (χ3n) is 4.19. The molecular formula is C19H23N5O4S2. The van der Waals surface area contributed by atoms with Gasteiger partial charge in [-0.15, -0.1) is 0 Å². The van der Waals surface area contributed by atoms with Crippen LogP contribution in [0.15, 0.2) is 53.4 Å². The van der Waals surface area contributed by atoms with E-state index in [1.165, 1.54) is 6.07 Å². The molecule has 3 rings (SSSR count). The molecule has 0 aliphatic carbocycles. The van der Waals surface area contributed by atoms with Crippen molar-refractivity contribution >= 4 is 42.7 Å². The molecule has 0 amide bonds. The fourth-order valence-electron chi connectivity index (χ4n) is 2.79. The van der Waals surface area contributed by atoms with E-state index < -0.39 is 20.0 Å². The molecule has 30 heavy (non-hydrogen) atoms. The Morgan fingerprint density at radius 1 is 0.833 bits per heavy atom. The second-order valence-electron chi connectivity index (χ2n) is 6.73. The van der Waals surface area contributed by atoms with E-state index in [9.17, 15) is 16.8 Å². The highest BCUT2D eigenvalue weighted by atomic mass is 32.2. The fourth-order valence-corrected chi connectivity index (χ4v) is 4.56. The second-order valence-corrected chi connectivity index (χ2v) is 10.2. The quantitative estimate of drug-likeness (QED) is 0.426. The Morgan fingerprint density at radius 2 is 1.43 bits per heavy atom. The van der Waals surface area contributed by atoms with E-state index in [1.54, 1.807) is 43.3 Å². The van der Waals surface area contributed by atoms with Crippen molar-refractivity contribution in [3.63, 3.8) is 0 Å². The van der Waals surface area contributed by atoms with Gasteiger partial charge in [0.05, 0.1) is 22.2 Å². The number of benzene rings is 2. The van der Waals surface area contributed by atoms with Gasteiger partial charge in [-0.3, -0.25) is 4.72 Å². The van der Waals surface area contributed by atoms with Crippen molar-refractivity contribution in [1.82, 2.24) is 14.7 Å². The van der Waals surface area contributed by atoms with Crippen LogP contribution in [0.4, 0.5) is 11.6 Å². The van der Waals surface area contributed by atoms with Crippen molar-refractivity contribution in [2.45, 2.75) is 18.2 Å². The van der Waals surface area contributed by atoms with Gasteiger partial charge in [-0.25, -0.2) is 31.5 Å². The van der Waals surface area contributed by atoms with E-state index in [0.717, 1.165) is 6.26 Å². The number of para-hydroxylation sites is 2. The zero-order valence-electron chi connectivity index (χ0n) is 16.6. The summed E-state index contributed by atoms with van der Waals surface area (Å²) in [6.45, 7) is 2.33. The average Bonchev–Trinajstić information content (AvgIpc) is 2.67. The maximum absolute atomic E-state index is 12.9. The highest BCUT2D eigenvalue weighted by molar-refractivity contribution is 7.92. The van der Waals surface area contributed by atoms with Gasteiger partial charge < -0.3 is 5.32 Å². The lowest BCUT2D eigenvalue weighted by atomic mass is 10.2. The normalized spacial score (nSPS) is 12.1. The van der Waals surface area contributed by atoms with Gasteiger partial charge in [0.15, 0.2) is 11.6 Å². The fraction of sp³-hybridized carbons (Fsp3) is 0.263. The summed E-state index contributed by atoms with van der Waals surface area (Å²) in [7, 11) is -7.14. The van der Waals surface area contributed by atoms with Crippen molar-refractivity contribution < 1.29 is 16.8 Å². The van der Waals surface area contributed by atoms with Gasteiger partial charge in [-0.1, -0.05) is 30.3 Å². The first-order valence-corrected chi connectivity index (χ1v) is 12.6. The number of rotatable bonds is 9. The smallest absolute Gasteiger partial charge is 0.263 e. The lowest BCUT2D eigenvalue weighted by Gasteiger charge is -2.14. The molecule has 3 aromatic rings. The molecule has 3 N–H and O–H groups in total. The number of nitrogens with one attached hydrogen (secondary N) is 3. The lowest BCUT2D eigenvalue weighted by Crippen LogP contribution is -2.24. The number of anilines is 2. The monoisotopic (exact) mass is 449 g/mol. The molecule has 1 heterocycles. The Labute approximate surface area is 176 Å². The molecule has 1 aromatic heterocycles. The number of fused-ring (bicyclic) bond motifs is 1. The van der Waals surface area contributed by atoms with E-state index in [4.69, 9.17) is 0 Å². The zero-order valence-corrected chi connectivity index (χ0v) is 18.2. The minimum atomic E-state index is -3.87. The Hall–Kier alpha value is -2.76. The molecule has 0 saturated carbocycles. The van der Waals surface area contributed by atoms with Crippen LogP contribution in [0.2, 0.25) is 0 Å². The van der Waals surface area contributed by atoms with Gasteiger partial charge in [0.25, 0.3) is 10.0 Å². The van der Waals surface area contributed by atoms with E-state index in [2.05, 4.69) is 24.7 Å². The van der Waals surface area contributed by atoms with E-state index in [1.807, 2.05) is 6.07 Å². The summed E-state index contributed by atoms with van der Waals surface area (Å²) in [5.41, 5.74) is 1.76. The number of hydrogen-bond acceptors (Lipinski definition) is 7. The van der Waals surface area contributed by atoms with Crippen LogP contribution in [-0.4, -0.2) is 46.1 Å². The first kappa shape index (κ1) is 21.9. The van der Waals surface area contributed by atoms with E-state index >= 15 is 0 Å².